The lowest BCUT2D eigenvalue weighted by atomic mass is 9.89. The number of rotatable bonds is 12. The molecule has 0 bridgehead atoms. The van der Waals surface area contributed by atoms with Crippen molar-refractivity contribution in [2.75, 3.05) is 0 Å². The molecule has 6 heteroatoms. The van der Waals surface area contributed by atoms with Gasteiger partial charge in [-0.25, -0.2) is 0 Å². The molecule has 0 saturated heterocycles. The zero-order chi connectivity index (χ0) is 31.8. The molecule has 0 amide bonds. The Balaban J connectivity index is 1.50. The topological polar surface area (TPSA) is 52.6 Å². The van der Waals surface area contributed by atoms with Crippen LogP contribution in [0.3, 0.4) is 0 Å². The zero-order valence-electron chi connectivity index (χ0n) is 25.6. The summed E-state index contributed by atoms with van der Waals surface area (Å²) in [6.45, 7) is 2.02. The van der Waals surface area contributed by atoms with E-state index in [1.165, 1.54) is 0 Å². The van der Waals surface area contributed by atoms with E-state index in [1.807, 2.05) is 189 Å². The Morgan fingerprint density at radius 1 is 0.370 bits per heavy atom. The van der Waals surface area contributed by atoms with Crippen LogP contribution in [-0.2, 0) is 18.2 Å². The lowest BCUT2D eigenvalue weighted by Gasteiger charge is -2.36. The van der Waals surface area contributed by atoms with Crippen molar-refractivity contribution in [3.05, 3.63) is 193 Å². The Hall–Kier alpha value is -4.30. The standard InChI is InChI=1S/C40H36O4P2/c1-32(39(33-20-8-2-9-21-33)43-45(41,35-24-12-4-13-25-35)36-26-14-5-15-27-36)40(34-22-10-3-11-23-34)44-46(42,37-28-16-6-17-29-37)38-30-18-7-19-31-38/h2-32,39-40H,1H3. The van der Waals surface area contributed by atoms with E-state index >= 15 is 9.13 Å². The Morgan fingerprint density at radius 3 is 0.826 bits per heavy atom. The fourth-order valence-corrected chi connectivity index (χ4v) is 10.3. The van der Waals surface area contributed by atoms with Gasteiger partial charge in [-0.3, -0.25) is 9.13 Å². The summed E-state index contributed by atoms with van der Waals surface area (Å²) in [6.07, 6.45) is -1.39. The molecular weight excluding hydrogens is 606 g/mol. The smallest absolute Gasteiger partial charge is 0.261 e. The lowest BCUT2D eigenvalue weighted by molar-refractivity contribution is 0.0568. The fourth-order valence-electron chi connectivity index (χ4n) is 5.72. The molecule has 46 heavy (non-hydrogen) atoms. The molecule has 0 aromatic heterocycles. The maximum atomic E-state index is 15.3. The molecule has 0 fully saturated rings. The van der Waals surface area contributed by atoms with Gasteiger partial charge in [0.1, 0.15) is 0 Å². The summed E-state index contributed by atoms with van der Waals surface area (Å²) >= 11 is 0. The second-order valence-corrected chi connectivity index (χ2v) is 15.9. The van der Waals surface area contributed by atoms with Crippen LogP contribution in [0.15, 0.2) is 182 Å². The van der Waals surface area contributed by atoms with E-state index < -0.39 is 32.9 Å². The first-order chi connectivity index (χ1) is 22.5. The molecule has 6 rings (SSSR count). The van der Waals surface area contributed by atoms with Gasteiger partial charge in [-0.1, -0.05) is 140 Å². The summed E-state index contributed by atoms with van der Waals surface area (Å²) in [4.78, 5) is 0. The van der Waals surface area contributed by atoms with Gasteiger partial charge in [0, 0.05) is 27.1 Å². The largest absolute Gasteiger partial charge is 0.313 e. The highest BCUT2D eigenvalue weighted by molar-refractivity contribution is 7.74. The van der Waals surface area contributed by atoms with Gasteiger partial charge in [0.25, 0.3) is 14.7 Å². The molecule has 6 aromatic carbocycles. The van der Waals surface area contributed by atoms with Crippen molar-refractivity contribution >= 4 is 36.0 Å². The Kier molecular flexibility index (Phi) is 9.93. The van der Waals surface area contributed by atoms with Gasteiger partial charge in [-0.2, -0.15) is 0 Å². The normalized spacial score (nSPS) is 13.8. The summed E-state index contributed by atoms with van der Waals surface area (Å²) in [5.74, 6) is -0.439. The van der Waals surface area contributed by atoms with Crippen molar-refractivity contribution in [3.8, 4) is 0 Å². The monoisotopic (exact) mass is 642 g/mol. The number of benzene rings is 6. The quantitative estimate of drug-likeness (QED) is 0.125. The highest BCUT2D eigenvalue weighted by Crippen LogP contribution is 2.56. The van der Waals surface area contributed by atoms with Crippen LogP contribution in [0.25, 0.3) is 0 Å². The third-order valence-corrected chi connectivity index (χ3v) is 13.1. The molecular formula is C40H36O4P2. The van der Waals surface area contributed by atoms with Crippen LogP contribution in [0.2, 0.25) is 0 Å². The van der Waals surface area contributed by atoms with Crippen LogP contribution < -0.4 is 21.2 Å². The van der Waals surface area contributed by atoms with Crippen LogP contribution in [-0.4, -0.2) is 0 Å². The van der Waals surface area contributed by atoms with Crippen molar-refractivity contribution in [2.24, 2.45) is 5.92 Å². The SMILES string of the molecule is CC(C(OP(=O)(c1ccccc1)c1ccccc1)c1ccccc1)C(OP(=O)(c1ccccc1)c1ccccc1)c1ccccc1. The number of hydrogen-bond donors (Lipinski definition) is 0. The Labute approximate surface area is 271 Å². The summed E-state index contributed by atoms with van der Waals surface area (Å²) in [5.41, 5.74) is 1.70. The molecule has 0 aliphatic rings. The van der Waals surface area contributed by atoms with Gasteiger partial charge in [0.15, 0.2) is 0 Å². The van der Waals surface area contributed by atoms with Crippen LogP contribution in [0, 0.1) is 5.92 Å². The molecule has 2 atom stereocenters. The van der Waals surface area contributed by atoms with Crippen molar-refractivity contribution in [1.82, 2.24) is 0 Å². The van der Waals surface area contributed by atoms with Crippen molar-refractivity contribution in [2.45, 2.75) is 19.1 Å². The molecule has 0 radical (unpaired) electrons. The molecule has 2 unspecified atom stereocenters. The van der Waals surface area contributed by atoms with E-state index in [-0.39, 0.29) is 0 Å². The molecule has 6 aromatic rings. The minimum Gasteiger partial charge on any atom is -0.313 e. The molecule has 0 aliphatic heterocycles. The van der Waals surface area contributed by atoms with Gasteiger partial charge in [-0.15, -0.1) is 0 Å². The van der Waals surface area contributed by atoms with E-state index in [4.69, 9.17) is 9.05 Å². The summed E-state index contributed by atoms with van der Waals surface area (Å²) in [6, 6.07) is 57.1. The van der Waals surface area contributed by atoms with Gasteiger partial charge < -0.3 is 9.05 Å². The number of hydrogen-bond acceptors (Lipinski definition) is 4. The summed E-state index contributed by atoms with van der Waals surface area (Å²) in [7, 11) is -7.25. The first-order valence-corrected chi connectivity index (χ1v) is 18.6. The highest BCUT2D eigenvalue weighted by atomic mass is 31.2. The molecule has 0 aliphatic carbocycles. The van der Waals surface area contributed by atoms with E-state index in [2.05, 4.69) is 0 Å². The van der Waals surface area contributed by atoms with Crippen LogP contribution in [0.4, 0.5) is 0 Å². The molecule has 0 saturated carbocycles. The summed E-state index contributed by atoms with van der Waals surface area (Å²) in [5, 5.41) is 2.41. The molecule has 4 nitrogen and oxygen atoms in total. The maximum Gasteiger partial charge on any atom is 0.261 e. The van der Waals surface area contributed by atoms with Gasteiger partial charge >= 0.3 is 0 Å². The predicted molar refractivity (Wildman–Crippen MR) is 189 cm³/mol. The van der Waals surface area contributed by atoms with Crippen LogP contribution >= 0.6 is 14.7 Å². The van der Waals surface area contributed by atoms with E-state index in [0.29, 0.717) is 21.2 Å². The fraction of sp³-hybridized carbons (Fsp3) is 0.100. The third kappa shape index (κ3) is 6.77. The van der Waals surface area contributed by atoms with E-state index in [1.54, 1.807) is 0 Å². The van der Waals surface area contributed by atoms with Gasteiger partial charge in [-0.05, 0) is 59.7 Å². The first kappa shape index (κ1) is 31.7. The third-order valence-electron chi connectivity index (χ3n) is 8.12. The minimum atomic E-state index is -3.62. The van der Waals surface area contributed by atoms with E-state index in [0.717, 1.165) is 11.1 Å². The van der Waals surface area contributed by atoms with Crippen molar-refractivity contribution < 1.29 is 18.2 Å². The molecule has 0 N–H and O–H groups in total. The van der Waals surface area contributed by atoms with Gasteiger partial charge in [0.05, 0.1) is 12.2 Å². The van der Waals surface area contributed by atoms with Gasteiger partial charge in [0.2, 0.25) is 0 Å². The molecule has 230 valence electrons. The zero-order valence-corrected chi connectivity index (χ0v) is 27.4. The maximum absolute atomic E-state index is 15.3. The molecule has 0 heterocycles. The van der Waals surface area contributed by atoms with Crippen molar-refractivity contribution in [3.63, 3.8) is 0 Å². The van der Waals surface area contributed by atoms with E-state index in [9.17, 15) is 0 Å². The van der Waals surface area contributed by atoms with Crippen LogP contribution in [0.1, 0.15) is 30.3 Å². The Morgan fingerprint density at radius 2 is 0.587 bits per heavy atom. The van der Waals surface area contributed by atoms with Crippen molar-refractivity contribution in [1.29, 1.82) is 0 Å². The Bertz CT molecular complexity index is 1670. The second kappa shape index (κ2) is 14.4. The molecule has 0 spiro atoms. The minimum absolute atomic E-state index is 0.439. The average molecular weight is 643 g/mol. The lowest BCUT2D eigenvalue weighted by Crippen LogP contribution is -2.28. The first-order valence-electron chi connectivity index (χ1n) is 15.4. The predicted octanol–water partition coefficient (Wildman–Crippen LogP) is 9.00. The second-order valence-electron chi connectivity index (χ2n) is 11.2. The highest BCUT2D eigenvalue weighted by Gasteiger charge is 2.41. The summed E-state index contributed by atoms with van der Waals surface area (Å²) < 4.78 is 44.5. The average Bonchev–Trinajstić information content (AvgIpc) is 3.14. The van der Waals surface area contributed by atoms with Crippen LogP contribution in [0.5, 0.6) is 0 Å².